The highest BCUT2D eigenvalue weighted by atomic mass is 19.3. The van der Waals surface area contributed by atoms with E-state index in [2.05, 4.69) is 4.90 Å². The van der Waals surface area contributed by atoms with Gasteiger partial charge in [-0.25, -0.2) is 13.6 Å². The number of carbonyl (C=O) groups is 1. The zero-order valence-electron chi connectivity index (χ0n) is 11.0. The van der Waals surface area contributed by atoms with E-state index in [1.807, 2.05) is 7.05 Å². The van der Waals surface area contributed by atoms with Gasteiger partial charge in [0.25, 0.3) is 6.43 Å². The fourth-order valence-corrected chi connectivity index (χ4v) is 2.85. The van der Waals surface area contributed by atoms with Crippen LogP contribution in [0.15, 0.2) is 0 Å². The molecule has 7 heteroatoms. The van der Waals surface area contributed by atoms with Crippen molar-refractivity contribution >= 4 is 5.97 Å². The predicted octanol–water partition coefficient (Wildman–Crippen LogP) is 0.501. The van der Waals surface area contributed by atoms with E-state index in [-0.39, 0.29) is 13.1 Å². The Kier molecular flexibility index (Phi) is 4.37. The zero-order chi connectivity index (χ0) is 14.0. The minimum atomic E-state index is -2.45. The smallest absolute Gasteiger partial charge is 0.334 e. The van der Waals surface area contributed by atoms with Crippen molar-refractivity contribution in [2.75, 3.05) is 39.8 Å². The molecule has 1 atom stereocenters. The first-order valence-corrected chi connectivity index (χ1v) is 6.50. The lowest BCUT2D eigenvalue weighted by Gasteiger charge is -2.48. The van der Waals surface area contributed by atoms with Gasteiger partial charge in [-0.3, -0.25) is 4.90 Å². The first-order valence-electron chi connectivity index (χ1n) is 6.50. The van der Waals surface area contributed by atoms with Gasteiger partial charge in [0.15, 0.2) is 6.10 Å². The number of nitrogens with zero attached hydrogens (tertiary/aromatic N) is 2. The number of hydrogen-bond acceptors (Lipinski definition) is 4. The van der Waals surface area contributed by atoms with E-state index in [1.165, 1.54) is 4.90 Å². The Balaban J connectivity index is 2.07. The first-order chi connectivity index (χ1) is 8.90. The molecule has 2 saturated heterocycles. The van der Waals surface area contributed by atoms with Crippen LogP contribution in [0.5, 0.6) is 0 Å². The van der Waals surface area contributed by atoms with Crippen molar-refractivity contribution in [3.63, 3.8) is 0 Å². The van der Waals surface area contributed by atoms with E-state index < -0.39 is 24.1 Å². The molecule has 0 aromatic carbocycles. The van der Waals surface area contributed by atoms with Gasteiger partial charge in [-0.1, -0.05) is 0 Å². The number of carboxylic acid groups (broad SMARTS) is 1. The Morgan fingerprint density at radius 2 is 2.11 bits per heavy atom. The topological polar surface area (TPSA) is 53.0 Å². The normalized spacial score (nSPS) is 28.9. The van der Waals surface area contributed by atoms with Gasteiger partial charge in [-0.15, -0.1) is 0 Å². The Bertz CT molecular complexity index is 333. The van der Waals surface area contributed by atoms with Crippen LogP contribution in [0.3, 0.4) is 0 Å². The average Bonchev–Trinajstić information content (AvgIpc) is 2.32. The molecule has 0 saturated carbocycles. The number of alkyl halides is 2. The summed E-state index contributed by atoms with van der Waals surface area (Å²) in [6.07, 6.45) is -2.08. The molecule has 2 rings (SSSR count). The Hall–Kier alpha value is -0.790. The molecule has 0 aromatic heterocycles. The minimum absolute atomic E-state index is 0.0390. The van der Waals surface area contributed by atoms with Crippen LogP contribution in [-0.2, 0) is 9.53 Å². The quantitative estimate of drug-likeness (QED) is 0.815. The van der Waals surface area contributed by atoms with E-state index in [4.69, 9.17) is 9.84 Å². The van der Waals surface area contributed by atoms with Crippen molar-refractivity contribution in [2.45, 2.75) is 31.0 Å². The van der Waals surface area contributed by atoms with Gasteiger partial charge < -0.3 is 14.7 Å². The number of hydrogen-bond donors (Lipinski definition) is 1. The Labute approximate surface area is 111 Å². The molecule has 0 aliphatic carbocycles. The van der Waals surface area contributed by atoms with E-state index in [0.29, 0.717) is 19.4 Å². The van der Waals surface area contributed by atoms with Crippen molar-refractivity contribution < 1.29 is 23.4 Å². The third-order valence-electron chi connectivity index (χ3n) is 3.90. The molecule has 1 unspecified atom stereocenters. The number of ether oxygens (including phenoxy) is 1. The third-order valence-corrected chi connectivity index (χ3v) is 3.90. The molecular weight excluding hydrogens is 258 g/mol. The fraction of sp³-hybridized carbons (Fsp3) is 0.917. The van der Waals surface area contributed by atoms with Crippen LogP contribution in [0.4, 0.5) is 8.78 Å². The van der Waals surface area contributed by atoms with Crippen molar-refractivity contribution in [3.8, 4) is 0 Å². The summed E-state index contributed by atoms with van der Waals surface area (Å²) < 4.78 is 30.8. The van der Waals surface area contributed by atoms with E-state index in [1.54, 1.807) is 0 Å². The SMILES string of the molecule is CN1CCC2(CC1)CN(CC(F)F)CC(C(=O)O)O2. The van der Waals surface area contributed by atoms with Crippen LogP contribution in [0.1, 0.15) is 12.8 Å². The molecule has 2 aliphatic heterocycles. The van der Waals surface area contributed by atoms with Crippen molar-refractivity contribution in [3.05, 3.63) is 0 Å². The van der Waals surface area contributed by atoms with Gasteiger partial charge in [0.2, 0.25) is 0 Å². The predicted molar refractivity (Wildman–Crippen MR) is 64.4 cm³/mol. The summed E-state index contributed by atoms with van der Waals surface area (Å²) in [5, 5.41) is 9.11. The summed E-state index contributed by atoms with van der Waals surface area (Å²) in [5.41, 5.74) is -0.581. The largest absolute Gasteiger partial charge is 0.479 e. The summed E-state index contributed by atoms with van der Waals surface area (Å²) in [6.45, 7) is 1.65. The number of aliphatic carboxylic acids is 1. The van der Waals surface area contributed by atoms with Crippen molar-refractivity contribution in [1.29, 1.82) is 0 Å². The number of carboxylic acids is 1. The summed E-state index contributed by atoms with van der Waals surface area (Å²) >= 11 is 0. The molecule has 2 aliphatic rings. The van der Waals surface area contributed by atoms with Gasteiger partial charge in [0.1, 0.15) is 0 Å². The highest BCUT2D eigenvalue weighted by Crippen LogP contribution is 2.32. The first kappa shape index (κ1) is 14.6. The van der Waals surface area contributed by atoms with Crippen LogP contribution < -0.4 is 0 Å². The third kappa shape index (κ3) is 3.61. The highest BCUT2D eigenvalue weighted by molar-refractivity contribution is 5.72. The molecule has 0 radical (unpaired) electrons. The number of likely N-dealkylation sites (tertiary alicyclic amines) is 1. The second-order valence-electron chi connectivity index (χ2n) is 5.52. The molecule has 2 heterocycles. The maximum atomic E-state index is 12.5. The molecule has 1 N–H and O–H groups in total. The molecule has 1 spiro atoms. The Morgan fingerprint density at radius 1 is 1.47 bits per heavy atom. The number of halogens is 2. The van der Waals surface area contributed by atoms with Crippen LogP contribution in [0.25, 0.3) is 0 Å². The number of morpholine rings is 1. The maximum absolute atomic E-state index is 12.5. The van der Waals surface area contributed by atoms with Crippen molar-refractivity contribution in [1.82, 2.24) is 9.80 Å². The van der Waals surface area contributed by atoms with Crippen LogP contribution in [-0.4, -0.2) is 78.8 Å². The van der Waals surface area contributed by atoms with E-state index in [9.17, 15) is 13.6 Å². The maximum Gasteiger partial charge on any atom is 0.334 e. The molecule has 2 fully saturated rings. The molecule has 0 aromatic rings. The van der Waals surface area contributed by atoms with E-state index in [0.717, 1.165) is 13.1 Å². The van der Waals surface area contributed by atoms with Gasteiger partial charge in [-0.2, -0.15) is 0 Å². The summed E-state index contributed by atoms with van der Waals surface area (Å²) in [4.78, 5) is 14.8. The second-order valence-corrected chi connectivity index (χ2v) is 5.52. The lowest BCUT2D eigenvalue weighted by molar-refractivity contribution is -0.197. The molecule has 0 bridgehead atoms. The molecular formula is C12H20F2N2O3. The van der Waals surface area contributed by atoms with Gasteiger partial charge in [0, 0.05) is 26.2 Å². The van der Waals surface area contributed by atoms with Crippen molar-refractivity contribution in [2.24, 2.45) is 0 Å². The lowest BCUT2D eigenvalue weighted by atomic mass is 9.88. The average molecular weight is 278 g/mol. The second kappa shape index (κ2) is 5.68. The summed E-state index contributed by atoms with van der Waals surface area (Å²) in [5.74, 6) is -1.07. The molecule has 5 nitrogen and oxygen atoms in total. The zero-order valence-corrected chi connectivity index (χ0v) is 11.0. The van der Waals surface area contributed by atoms with Crippen LogP contribution in [0, 0.1) is 0 Å². The molecule has 19 heavy (non-hydrogen) atoms. The van der Waals surface area contributed by atoms with Gasteiger partial charge >= 0.3 is 5.97 Å². The monoisotopic (exact) mass is 278 g/mol. The lowest BCUT2D eigenvalue weighted by Crippen LogP contribution is -2.61. The van der Waals surface area contributed by atoms with E-state index >= 15 is 0 Å². The molecule has 110 valence electrons. The van der Waals surface area contributed by atoms with Gasteiger partial charge in [0.05, 0.1) is 12.1 Å². The standard InChI is InChI=1S/C12H20F2N2O3/c1-15-4-2-12(3-5-15)8-16(7-10(13)14)6-9(19-12)11(17)18/h9-10H,2-8H2,1H3,(H,17,18). The number of piperidine rings is 1. The summed E-state index contributed by atoms with van der Waals surface area (Å²) in [7, 11) is 1.99. The number of rotatable bonds is 3. The molecule has 0 amide bonds. The fourth-order valence-electron chi connectivity index (χ4n) is 2.85. The van der Waals surface area contributed by atoms with Crippen LogP contribution in [0.2, 0.25) is 0 Å². The Morgan fingerprint density at radius 3 is 2.63 bits per heavy atom. The van der Waals surface area contributed by atoms with Crippen LogP contribution >= 0.6 is 0 Å². The minimum Gasteiger partial charge on any atom is -0.479 e. The van der Waals surface area contributed by atoms with Gasteiger partial charge in [-0.05, 0) is 19.9 Å². The highest BCUT2D eigenvalue weighted by Gasteiger charge is 2.44. The summed E-state index contributed by atoms with van der Waals surface area (Å²) in [6, 6.07) is 0.